The maximum Gasteiger partial charge on any atom is 0.260 e. The molecule has 0 atom stereocenters. The van der Waals surface area contributed by atoms with Gasteiger partial charge in [0.05, 0.1) is 7.11 Å². The smallest absolute Gasteiger partial charge is 0.260 e. The lowest BCUT2D eigenvalue weighted by Gasteiger charge is -2.34. The van der Waals surface area contributed by atoms with Crippen molar-refractivity contribution in [1.29, 1.82) is 0 Å². The van der Waals surface area contributed by atoms with Crippen LogP contribution in [-0.2, 0) is 16.0 Å². The normalized spacial score (nSPS) is 13.9. The van der Waals surface area contributed by atoms with Crippen molar-refractivity contribution in [3.05, 3.63) is 59.7 Å². The highest BCUT2D eigenvalue weighted by molar-refractivity contribution is 5.79. The Hall–Kier alpha value is -3.02. The van der Waals surface area contributed by atoms with Gasteiger partial charge in [-0.05, 0) is 42.7 Å². The van der Waals surface area contributed by atoms with E-state index < -0.39 is 0 Å². The van der Waals surface area contributed by atoms with E-state index in [1.165, 1.54) is 0 Å². The number of methoxy groups -OCH3 is 1. The number of aryl methyl sites for hydroxylation is 2. The number of piperazine rings is 1. The van der Waals surface area contributed by atoms with Gasteiger partial charge in [-0.15, -0.1) is 0 Å². The number of hydrogen-bond donors (Lipinski definition) is 0. The first-order valence-electron chi connectivity index (χ1n) is 9.93. The molecule has 0 aromatic heterocycles. The Balaban J connectivity index is 1.41. The summed E-state index contributed by atoms with van der Waals surface area (Å²) in [6.07, 6.45) is 1.14. The number of hydrogen-bond acceptors (Lipinski definition) is 4. The molecule has 6 heteroatoms. The van der Waals surface area contributed by atoms with Gasteiger partial charge in [-0.25, -0.2) is 0 Å². The summed E-state index contributed by atoms with van der Waals surface area (Å²) in [5, 5.41) is 0. The summed E-state index contributed by atoms with van der Waals surface area (Å²) >= 11 is 0. The van der Waals surface area contributed by atoms with Crippen LogP contribution in [0.1, 0.15) is 17.5 Å². The minimum Gasteiger partial charge on any atom is -0.497 e. The maximum atomic E-state index is 12.5. The molecule has 1 aliphatic rings. The Kier molecular flexibility index (Phi) is 7.11. The van der Waals surface area contributed by atoms with Gasteiger partial charge in [-0.1, -0.05) is 30.3 Å². The van der Waals surface area contributed by atoms with Crippen molar-refractivity contribution in [3.8, 4) is 11.5 Å². The summed E-state index contributed by atoms with van der Waals surface area (Å²) in [6, 6.07) is 15.4. The standard InChI is InChI=1S/C23H28N2O4/c1-18-6-3-4-9-21(18)29-17-23(27)25-14-12-24(13-15-25)22(26)11-10-19-7-5-8-20(16-19)28-2/h3-9,16H,10-15,17H2,1-2H3. The van der Waals surface area contributed by atoms with Crippen molar-refractivity contribution in [2.24, 2.45) is 0 Å². The van der Waals surface area contributed by atoms with E-state index in [-0.39, 0.29) is 18.4 Å². The Morgan fingerprint density at radius 1 is 0.931 bits per heavy atom. The van der Waals surface area contributed by atoms with Crippen molar-refractivity contribution in [1.82, 2.24) is 9.80 Å². The fraction of sp³-hybridized carbons (Fsp3) is 0.391. The molecule has 2 aromatic rings. The van der Waals surface area contributed by atoms with Gasteiger partial charge < -0.3 is 19.3 Å². The van der Waals surface area contributed by atoms with Gasteiger partial charge in [0.1, 0.15) is 11.5 Å². The Morgan fingerprint density at radius 2 is 1.62 bits per heavy atom. The minimum atomic E-state index is -0.0447. The number of carbonyl (C=O) groups excluding carboxylic acids is 2. The summed E-state index contributed by atoms with van der Waals surface area (Å²) in [5.41, 5.74) is 2.09. The molecular weight excluding hydrogens is 368 g/mol. The lowest BCUT2D eigenvalue weighted by molar-refractivity contribution is -0.140. The number of ether oxygens (including phenoxy) is 2. The molecule has 1 fully saturated rings. The van der Waals surface area contributed by atoms with E-state index in [0.29, 0.717) is 39.0 Å². The molecule has 0 unspecified atom stereocenters. The molecule has 154 valence electrons. The van der Waals surface area contributed by atoms with Gasteiger partial charge in [0.15, 0.2) is 6.61 Å². The molecule has 0 radical (unpaired) electrons. The van der Waals surface area contributed by atoms with E-state index in [4.69, 9.17) is 9.47 Å². The molecule has 1 aliphatic heterocycles. The molecule has 1 saturated heterocycles. The van der Waals surface area contributed by atoms with Crippen molar-refractivity contribution in [2.45, 2.75) is 19.8 Å². The molecule has 2 amide bonds. The van der Waals surface area contributed by atoms with Gasteiger partial charge in [-0.3, -0.25) is 9.59 Å². The van der Waals surface area contributed by atoms with Gasteiger partial charge in [0.25, 0.3) is 5.91 Å². The van der Waals surface area contributed by atoms with Gasteiger partial charge in [0.2, 0.25) is 5.91 Å². The quantitative estimate of drug-likeness (QED) is 0.722. The predicted octanol–water partition coefficient (Wildman–Crippen LogP) is 2.69. The monoisotopic (exact) mass is 396 g/mol. The van der Waals surface area contributed by atoms with Crippen molar-refractivity contribution >= 4 is 11.8 Å². The maximum absolute atomic E-state index is 12.5. The van der Waals surface area contributed by atoms with E-state index in [2.05, 4.69) is 0 Å². The average molecular weight is 396 g/mol. The topological polar surface area (TPSA) is 59.1 Å². The fourth-order valence-electron chi connectivity index (χ4n) is 3.39. The zero-order valence-electron chi connectivity index (χ0n) is 17.1. The third-order valence-corrected chi connectivity index (χ3v) is 5.19. The van der Waals surface area contributed by atoms with E-state index in [1.54, 1.807) is 12.0 Å². The summed E-state index contributed by atoms with van der Waals surface area (Å²) < 4.78 is 10.9. The molecule has 1 heterocycles. The number of carbonyl (C=O) groups is 2. The zero-order valence-corrected chi connectivity index (χ0v) is 17.1. The lowest BCUT2D eigenvalue weighted by atomic mass is 10.1. The van der Waals surface area contributed by atoms with E-state index in [9.17, 15) is 9.59 Å². The molecule has 3 rings (SSSR count). The Bertz CT molecular complexity index is 844. The first-order chi connectivity index (χ1) is 14.1. The minimum absolute atomic E-state index is 0.0225. The zero-order chi connectivity index (χ0) is 20.6. The molecule has 0 N–H and O–H groups in total. The van der Waals surface area contributed by atoms with Crippen molar-refractivity contribution in [2.75, 3.05) is 39.9 Å². The molecule has 2 aromatic carbocycles. The van der Waals surface area contributed by atoms with Gasteiger partial charge >= 0.3 is 0 Å². The van der Waals surface area contributed by atoms with E-state index in [1.807, 2.05) is 60.4 Å². The second-order valence-corrected chi connectivity index (χ2v) is 7.17. The van der Waals surface area contributed by atoms with Crippen LogP contribution in [0.15, 0.2) is 48.5 Å². The number of benzene rings is 2. The van der Waals surface area contributed by atoms with Crippen LogP contribution in [0, 0.1) is 6.92 Å². The van der Waals surface area contributed by atoms with Crippen LogP contribution >= 0.6 is 0 Å². The molecule has 29 heavy (non-hydrogen) atoms. The van der Waals surface area contributed by atoms with Crippen LogP contribution in [-0.4, -0.2) is 61.5 Å². The molecule has 0 saturated carbocycles. The molecule has 0 spiro atoms. The number of para-hydroxylation sites is 1. The largest absolute Gasteiger partial charge is 0.497 e. The second-order valence-electron chi connectivity index (χ2n) is 7.17. The fourth-order valence-corrected chi connectivity index (χ4v) is 3.39. The summed E-state index contributed by atoms with van der Waals surface area (Å²) in [6.45, 7) is 4.19. The highest BCUT2D eigenvalue weighted by Gasteiger charge is 2.24. The number of rotatable bonds is 7. The third-order valence-electron chi connectivity index (χ3n) is 5.19. The van der Waals surface area contributed by atoms with Gasteiger partial charge in [0, 0.05) is 32.6 Å². The summed E-state index contributed by atoms with van der Waals surface area (Å²) in [5.74, 6) is 1.61. The van der Waals surface area contributed by atoms with Gasteiger partial charge in [-0.2, -0.15) is 0 Å². The highest BCUT2D eigenvalue weighted by atomic mass is 16.5. The first-order valence-corrected chi connectivity index (χ1v) is 9.93. The van der Waals surface area contributed by atoms with Crippen molar-refractivity contribution in [3.63, 3.8) is 0 Å². The van der Waals surface area contributed by atoms with Crippen LogP contribution in [0.2, 0.25) is 0 Å². The first kappa shape index (κ1) is 20.7. The van der Waals surface area contributed by atoms with Crippen LogP contribution < -0.4 is 9.47 Å². The van der Waals surface area contributed by atoms with Crippen LogP contribution in [0.4, 0.5) is 0 Å². The lowest BCUT2D eigenvalue weighted by Crippen LogP contribution is -2.51. The van der Waals surface area contributed by atoms with E-state index >= 15 is 0 Å². The third kappa shape index (κ3) is 5.73. The second kappa shape index (κ2) is 9.96. The highest BCUT2D eigenvalue weighted by Crippen LogP contribution is 2.17. The SMILES string of the molecule is COc1cccc(CCC(=O)N2CCN(C(=O)COc3ccccc3C)CC2)c1. The summed E-state index contributed by atoms with van der Waals surface area (Å²) in [7, 11) is 1.64. The Morgan fingerprint density at radius 3 is 2.31 bits per heavy atom. The van der Waals surface area contributed by atoms with Crippen molar-refractivity contribution < 1.29 is 19.1 Å². The van der Waals surface area contributed by atoms with Crippen LogP contribution in [0.3, 0.4) is 0 Å². The predicted molar refractivity (Wildman–Crippen MR) is 111 cm³/mol. The molecular formula is C23H28N2O4. The van der Waals surface area contributed by atoms with Crippen LogP contribution in [0.5, 0.6) is 11.5 Å². The molecule has 0 aliphatic carbocycles. The molecule has 0 bridgehead atoms. The van der Waals surface area contributed by atoms with E-state index in [0.717, 1.165) is 22.6 Å². The Labute approximate surface area is 172 Å². The number of nitrogens with zero attached hydrogens (tertiary/aromatic N) is 2. The average Bonchev–Trinajstić information content (AvgIpc) is 2.77. The number of amides is 2. The summed E-state index contributed by atoms with van der Waals surface area (Å²) in [4.78, 5) is 28.5. The van der Waals surface area contributed by atoms with Crippen LogP contribution in [0.25, 0.3) is 0 Å². The molecule has 6 nitrogen and oxygen atoms in total.